The Morgan fingerprint density at radius 2 is 1.95 bits per heavy atom. The molecule has 3 N–H and O–H groups in total. The van der Waals surface area contributed by atoms with Crippen molar-refractivity contribution in [2.75, 3.05) is 13.2 Å². The van der Waals surface area contributed by atoms with Crippen LogP contribution in [0.15, 0.2) is 24.3 Å². The zero-order valence-electron chi connectivity index (χ0n) is 12.5. The monoisotopic (exact) mass is 306 g/mol. The highest BCUT2D eigenvalue weighted by molar-refractivity contribution is 5.87. The average Bonchev–Trinajstić information content (AvgIpc) is 2.54. The molecule has 1 aliphatic heterocycles. The molecule has 1 aliphatic rings. The molecule has 6 nitrogen and oxygen atoms in total. The van der Waals surface area contributed by atoms with Crippen molar-refractivity contribution in [3.63, 3.8) is 0 Å². The van der Waals surface area contributed by atoms with Crippen LogP contribution in [0.5, 0.6) is 0 Å². The third-order valence-corrected chi connectivity index (χ3v) is 3.68. The van der Waals surface area contributed by atoms with Crippen LogP contribution in [0.25, 0.3) is 0 Å². The van der Waals surface area contributed by atoms with Gasteiger partial charge in [0, 0.05) is 19.7 Å². The number of amides is 2. The number of nitrogens with one attached hydrogen (secondary N) is 2. The van der Waals surface area contributed by atoms with Gasteiger partial charge in [0.15, 0.2) is 0 Å². The van der Waals surface area contributed by atoms with Gasteiger partial charge in [0.05, 0.1) is 11.7 Å². The van der Waals surface area contributed by atoms with Gasteiger partial charge in [-0.3, -0.25) is 0 Å². The van der Waals surface area contributed by atoms with Crippen molar-refractivity contribution < 1.29 is 19.4 Å². The number of rotatable bonds is 6. The largest absolute Gasteiger partial charge is 0.478 e. The molecule has 0 aliphatic carbocycles. The van der Waals surface area contributed by atoms with Gasteiger partial charge in [0.25, 0.3) is 0 Å². The van der Waals surface area contributed by atoms with Gasteiger partial charge in [-0.25, -0.2) is 9.59 Å². The molecule has 1 saturated heterocycles. The third kappa shape index (κ3) is 5.37. The molecule has 0 radical (unpaired) electrons. The number of aromatic carboxylic acids is 1. The number of carbonyl (C=O) groups excluding carboxylic acids is 1. The number of urea groups is 1. The Morgan fingerprint density at radius 1 is 1.18 bits per heavy atom. The maximum absolute atomic E-state index is 11.7. The lowest BCUT2D eigenvalue weighted by molar-refractivity contribution is 0.0120. The molecule has 0 bridgehead atoms. The van der Waals surface area contributed by atoms with Crippen LogP contribution in [-0.4, -0.2) is 36.4 Å². The van der Waals surface area contributed by atoms with E-state index in [0.29, 0.717) is 13.1 Å². The molecule has 1 unspecified atom stereocenters. The van der Waals surface area contributed by atoms with Crippen LogP contribution in [0.1, 0.15) is 41.6 Å². The highest BCUT2D eigenvalue weighted by Gasteiger charge is 2.13. The first-order chi connectivity index (χ1) is 10.6. The van der Waals surface area contributed by atoms with E-state index in [9.17, 15) is 9.59 Å². The molecule has 1 heterocycles. The van der Waals surface area contributed by atoms with Crippen molar-refractivity contribution in [3.8, 4) is 0 Å². The number of carboxylic acid groups (broad SMARTS) is 1. The van der Waals surface area contributed by atoms with Gasteiger partial charge in [-0.2, -0.15) is 0 Å². The molecular weight excluding hydrogens is 284 g/mol. The fourth-order valence-corrected chi connectivity index (χ4v) is 2.39. The minimum Gasteiger partial charge on any atom is -0.478 e. The predicted octanol–water partition coefficient (Wildman–Crippen LogP) is 2.14. The Bertz CT molecular complexity index is 495. The van der Waals surface area contributed by atoms with Crippen LogP contribution < -0.4 is 10.6 Å². The van der Waals surface area contributed by atoms with E-state index in [1.165, 1.54) is 18.6 Å². The van der Waals surface area contributed by atoms with E-state index in [1.807, 2.05) is 0 Å². The first-order valence-electron chi connectivity index (χ1n) is 7.60. The lowest BCUT2D eigenvalue weighted by atomic mass is 10.1. The van der Waals surface area contributed by atoms with Crippen molar-refractivity contribution in [2.24, 2.45) is 0 Å². The van der Waals surface area contributed by atoms with Crippen LogP contribution in [-0.2, 0) is 11.3 Å². The predicted molar refractivity (Wildman–Crippen MR) is 81.8 cm³/mol. The second-order valence-corrected chi connectivity index (χ2v) is 5.39. The number of ether oxygens (including phenoxy) is 1. The molecule has 1 atom stereocenters. The van der Waals surface area contributed by atoms with Crippen LogP contribution in [0.3, 0.4) is 0 Å². The minimum absolute atomic E-state index is 0.224. The molecule has 6 heteroatoms. The molecule has 22 heavy (non-hydrogen) atoms. The number of benzene rings is 1. The molecule has 1 aromatic carbocycles. The summed E-state index contributed by atoms with van der Waals surface area (Å²) in [5.41, 5.74) is 1.09. The molecular formula is C16H22N2O4. The van der Waals surface area contributed by atoms with Crippen LogP contribution >= 0.6 is 0 Å². The summed E-state index contributed by atoms with van der Waals surface area (Å²) in [6.07, 6.45) is 4.49. The second kappa shape index (κ2) is 8.38. The summed E-state index contributed by atoms with van der Waals surface area (Å²) in [6.45, 7) is 1.78. The van der Waals surface area contributed by atoms with E-state index in [2.05, 4.69) is 10.6 Å². The molecule has 0 saturated carbocycles. The SMILES string of the molecule is O=C(NCCC1CCCCO1)NCc1ccc(C(=O)O)cc1. The lowest BCUT2D eigenvalue weighted by Crippen LogP contribution is -2.37. The zero-order chi connectivity index (χ0) is 15.8. The van der Waals surface area contributed by atoms with Crippen LogP contribution in [0.2, 0.25) is 0 Å². The van der Waals surface area contributed by atoms with Crippen molar-refractivity contribution in [3.05, 3.63) is 35.4 Å². The Hall–Kier alpha value is -2.08. The van der Waals surface area contributed by atoms with Gasteiger partial charge in [-0.15, -0.1) is 0 Å². The Labute approximate surface area is 129 Å². The van der Waals surface area contributed by atoms with Gasteiger partial charge >= 0.3 is 12.0 Å². The first-order valence-corrected chi connectivity index (χ1v) is 7.60. The summed E-state index contributed by atoms with van der Waals surface area (Å²) in [4.78, 5) is 22.4. The van der Waals surface area contributed by atoms with E-state index in [4.69, 9.17) is 9.84 Å². The number of hydrogen-bond acceptors (Lipinski definition) is 3. The average molecular weight is 306 g/mol. The van der Waals surface area contributed by atoms with Gasteiger partial charge in [-0.05, 0) is 43.4 Å². The Balaban J connectivity index is 1.63. The Morgan fingerprint density at radius 3 is 2.59 bits per heavy atom. The van der Waals surface area contributed by atoms with E-state index in [-0.39, 0.29) is 17.7 Å². The topological polar surface area (TPSA) is 87.7 Å². The third-order valence-electron chi connectivity index (χ3n) is 3.68. The smallest absolute Gasteiger partial charge is 0.335 e. The molecule has 1 aromatic rings. The summed E-state index contributed by atoms with van der Waals surface area (Å²) in [5, 5.41) is 14.4. The zero-order valence-corrected chi connectivity index (χ0v) is 12.5. The number of carbonyl (C=O) groups is 2. The van der Waals surface area contributed by atoms with E-state index in [0.717, 1.165) is 31.4 Å². The lowest BCUT2D eigenvalue weighted by Gasteiger charge is -2.22. The highest BCUT2D eigenvalue weighted by atomic mass is 16.5. The maximum atomic E-state index is 11.7. The van der Waals surface area contributed by atoms with Crippen LogP contribution in [0.4, 0.5) is 4.79 Å². The quantitative estimate of drug-likeness (QED) is 0.751. The summed E-state index contributed by atoms with van der Waals surface area (Å²) < 4.78 is 5.60. The van der Waals surface area contributed by atoms with Gasteiger partial charge < -0.3 is 20.5 Å². The summed E-state index contributed by atoms with van der Waals surface area (Å²) in [6, 6.07) is 6.22. The van der Waals surface area contributed by atoms with Crippen molar-refractivity contribution in [1.29, 1.82) is 0 Å². The van der Waals surface area contributed by atoms with Gasteiger partial charge in [0.1, 0.15) is 0 Å². The summed E-state index contributed by atoms with van der Waals surface area (Å²) in [7, 11) is 0. The van der Waals surface area contributed by atoms with Crippen molar-refractivity contribution in [1.82, 2.24) is 10.6 Å². The van der Waals surface area contributed by atoms with Crippen molar-refractivity contribution >= 4 is 12.0 Å². The fourth-order valence-electron chi connectivity index (χ4n) is 2.39. The number of carboxylic acids is 1. The van der Waals surface area contributed by atoms with E-state index >= 15 is 0 Å². The highest BCUT2D eigenvalue weighted by Crippen LogP contribution is 2.14. The first kappa shape index (κ1) is 16.3. The summed E-state index contributed by atoms with van der Waals surface area (Å²) >= 11 is 0. The van der Waals surface area contributed by atoms with E-state index < -0.39 is 5.97 Å². The standard InChI is InChI=1S/C16H22N2O4/c19-15(20)13-6-4-12(5-7-13)11-18-16(21)17-9-8-14-3-1-2-10-22-14/h4-7,14H,1-3,8-11H2,(H,19,20)(H2,17,18,21). The molecule has 0 aromatic heterocycles. The van der Waals surface area contributed by atoms with Crippen molar-refractivity contribution in [2.45, 2.75) is 38.3 Å². The molecule has 1 fully saturated rings. The molecule has 0 spiro atoms. The fraction of sp³-hybridized carbons (Fsp3) is 0.500. The normalized spacial score (nSPS) is 17.7. The number of hydrogen-bond donors (Lipinski definition) is 3. The van der Waals surface area contributed by atoms with Crippen LogP contribution in [0, 0.1) is 0 Å². The minimum atomic E-state index is -0.956. The van der Waals surface area contributed by atoms with E-state index in [1.54, 1.807) is 12.1 Å². The second-order valence-electron chi connectivity index (χ2n) is 5.39. The molecule has 2 amide bonds. The van der Waals surface area contributed by atoms with Gasteiger partial charge in [-0.1, -0.05) is 12.1 Å². The Kier molecular flexibility index (Phi) is 6.21. The maximum Gasteiger partial charge on any atom is 0.335 e. The molecule has 120 valence electrons. The van der Waals surface area contributed by atoms with Gasteiger partial charge in [0.2, 0.25) is 0 Å². The summed E-state index contributed by atoms with van der Waals surface area (Å²) in [5.74, 6) is -0.956. The molecule has 2 rings (SSSR count).